The molecule has 0 amide bonds. The van der Waals surface area contributed by atoms with E-state index in [4.69, 9.17) is 18.0 Å². The van der Waals surface area contributed by atoms with Crippen LogP contribution in [-0.4, -0.2) is 20.0 Å². The lowest BCUT2D eigenvalue weighted by Gasteiger charge is -2.07. The van der Waals surface area contributed by atoms with Gasteiger partial charge in [0.2, 0.25) is 10.0 Å². The number of rotatable bonds is 6. The summed E-state index contributed by atoms with van der Waals surface area (Å²) in [5.74, 6) is 0. The highest BCUT2D eigenvalue weighted by Crippen LogP contribution is 2.10. The Morgan fingerprint density at radius 1 is 1.05 bits per heavy atom. The number of nitrogens with two attached hydrogens (primary N) is 1. The first-order valence-corrected chi connectivity index (χ1v) is 8.31. The monoisotopic (exact) mass is 320 g/mol. The van der Waals surface area contributed by atoms with E-state index in [2.05, 4.69) is 4.72 Å². The van der Waals surface area contributed by atoms with E-state index in [1.807, 2.05) is 30.3 Å². The molecule has 0 unspecified atom stereocenters. The average Bonchev–Trinajstić information content (AvgIpc) is 2.48. The van der Waals surface area contributed by atoms with Crippen LogP contribution in [0.4, 0.5) is 0 Å². The third-order valence-electron chi connectivity index (χ3n) is 3.00. The molecule has 0 spiro atoms. The lowest BCUT2D eigenvalue weighted by atomic mass is 10.2. The molecule has 0 saturated heterocycles. The van der Waals surface area contributed by atoms with Crippen molar-refractivity contribution in [3.05, 3.63) is 65.7 Å². The van der Waals surface area contributed by atoms with Crippen molar-refractivity contribution in [3.63, 3.8) is 0 Å². The summed E-state index contributed by atoms with van der Waals surface area (Å²) in [4.78, 5) is 0.451. The van der Waals surface area contributed by atoms with E-state index in [0.717, 1.165) is 5.56 Å². The van der Waals surface area contributed by atoms with E-state index in [1.165, 1.54) is 12.1 Å². The first-order chi connectivity index (χ1) is 9.99. The van der Waals surface area contributed by atoms with E-state index < -0.39 is 10.0 Å². The molecule has 0 bridgehead atoms. The predicted molar refractivity (Wildman–Crippen MR) is 87.7 cm³/mol. The van der Waals surface area contributed by atoms with Crippen LogP contribution in [0, 0.1) is 0 Å². The number of nitrogens with one attached hydrogen (secondary N) is 1. The summed E-state index contributed by atoms with van der Waals surface area (Å²) in [6.45, 7) is 0.351. The van der Waals surface area contributed by atoms with Gasteiger partial charge < -0.3 is 5.73 Å². The molecule has 0 saturated carbocycles. The molecule has 0 fully saturated rings. The third-order valence-corrected chi connectivity index (χ3v) is 4.71. The minimum atomic E-state index is -3.51. The van der Waals surface area contributed by atoms with Gasteiger partial charge in [0.25, 0.3) is 0 Å². The van der Waals surface area contributed by atoms with Crippen molar-refractivity contribution in [2.45, 2.75) is 11.3 Å². The first kappa shape index (κ1) is 15.6. The molecule has 4 nitrogen and oxygen atoms in total. The Hall–Kier alpha value is -1.76. The Labute approximate surface area is 130 Å². The van der Waals surface area contributed by atoms with Crippen LogP contribution in [0.3, 0.4) is 0 Å². The van der Waals surface area contributed by atoms with Crippen molar-refractivity contribution in [1.82, 2.24) is 4.72 Å². The lowest BCUT2D eigenvalue weighted by Crippen LogP contribution is -2.26. The molecule has 2 aromatic rings. The lowest BCUT2D eigenvalue weighted by molar-refractivity contribution is 0.581. The first-order valence-electron chi connectivity index (χ1n) is 6.42. The normalized spacial score (nSPS) is 11.2. The maximum absolute atomic E-state index is 12.1. The molecule has 0 heterocycles. The Kier molecular flexibility index (Phi) is 5.06. The van der Waals surface area contributed by atoms with E-state index >= 15 is 0 Å². The van der Waals surface area contributed by atoms with Crippen molar-refractivity contribution in [1.29, 1.82) is 0 Å². The minimum absolute atomic E-state index is 0.204. The molecule has 3 N–H and O–H groups in total. The molecule has 2 rings (SSSR count). The van der Waals surface area contributed by atoms with Gasteiger partial charge in [-0.05, 0) is 24.1 Å². The second-order valence-corrected chi connectivity index (χ2v) is 6.73. The van der Waals surface area contributed by atoms with E-state index in [9.17, 15) is 8.42 Å². The summed E-state index contributed by atoms with van der Waals surface area (Å²) in [5, 5.41) is 0. The topological polar surface area (TPSA) is 72.2 Å². The second kappa shape index (κ2) is 6.80. The van der Waals surface area contributed by atoms with Crippen LogP contribution in [0.5, 0.6) is 0 Å². The Bertz CT molecular complexity index is 711. The molecule has 0 radical (unpaired) electrons. The van der Waals surface area contributed by atoms with Crippen LogP contribution in [0.1, 0.15) is 11.1 Å². The number of hydrogen-bond donors (Lipinski definition) is 2. The highest BCUT2D eigenvalue weighted by Gasteiger charge is 2.13. The van der Waals surface area contributed by atoms with Crippen molar-refractivity contribution >= 4 is 27.2 Å². The highest BCUT2D eigenvalue weighted by atomic mass is 32.2. The summed E-state index contributed by atoms with van der Waals surface area (Å²) in [6.07, 6.45) is 0.644. The van der Waals surface area contributed by atoms with Crippen LogP contribution < -0.4 is 10.5 Å². The van der Waals surface area contributed by atoms with Crippen molar-refractivity contribution < 1.29 is 8.42 Å². The SMILES string of the molecule is NC(=S)c1ccc(S(=O)(=O)NCCc2ccccc2)cc1. The third kappa shape index (κ3) is 4.35. The van der Waals surface area contributed by atoms with E-state index in [0.29, 0.717) is 18.5 Å². The van der Waals surface area contributed by atoms with Gasteiger partial charge in [0.15, 0.2) is 0 Å². The van der Waals surface area contributed by atoms with Gasteiger partial charge in [-0.2, -0.15) is 0 Å². The maximum Gasteiger partial charge on any atom is 0.240 e. The minimum Gasteiger partial charge on any atom is -0.389 e. The predicted octanol–water partition coefficient (Wildman–Crippen LogP) is 1.84. The van der Waals surface area contributed by atoms with Gasteiger partial charge >= 0.3 is 0 Å². The number of thiocarbonyl (C=S) groups is 1. The molecule has 21 heavy (non-hydrogen) atoms. The molecule has 0 aromatic heterocycles. The Morgan fingerprint density at radius 2 is 1.67 bits per heavy atom. The van der Waals surface area contributed by atoms with Gasteiger partial charge in [0, 0.05) is 12.1 Å². The van der Waals surface area contributed by atoms with E-state index in [-0.39, 0.29) is 9.88 Å². The summed E-state index contributed by atoms with van der Waals surface area (Å²) in [6, 6.07) is 15.9. The number of sulfonamides is 1. The van der Waals surface area contributed by atoms with Crippen molar-refractivity contribution in [2.75, 3.05) is 6.54 Å². The van der Waals surface area contributed by atoms with Crippen molar-refractivity contribution in [3.8, 4) is 0 Å². The molecular weight excluding hydrogens is 304 g/mol. The van der Waals surface area contributed by atoms with Gasteiger partial charge in [-0.1, -0.05) is 54.7 Å². The summed E-state index contributed by atoms with van der Waals surface area (Å²) < 4.78 is 26.8. The Balaban J connectivity index is 2.00. The summed E-state index contributed by atoms with van der Waals surface area (Å²) >= 11 is 4.84. The van der Waals surface area contributed by atoms with Crippen LogP contribution in [-0.2, 0) is 16.4 Å². The van der Waals surface area contributed by atoms with Gasteiger partial charge in [-0.3, -0.25) is 0 Å². The van der Waals surface area contributed by atoms with Gasteiger partial charge in [-0.25, -0.2) is 13.1 Å². The molecule has 0 atom stereocenters. The van der Waals surface area contributed by atoms with Gasteiger partial charge in [0.05, 0.1) is 4.90 Å². The van der Waals surface area contributed by atoms with Crippen LogP contribution >= 0.6 is 12.2 Å². The van der Waals surface area contributed by atoms with Crippen molar-refractivity contribution in [2.24, 2.45) is 5.73 Å². The van der Waals surface area contributed by atoms with Gasteiger partial charge in [0.1, 0.15) is 4.99 Å². The molecule has 2 aromatic carbocycles. The highest BCUT2D eigenvalue weighted by molar-refractivity contribution is 7.89. The molecular formula is C15H16N2O2S2. The zero-order chi connectivity index (χ0) is 15.3. The average molecular weight is 320 g/mol. The maximum atomic E-state index is 12.1. The summed E-state index contributed by atoms with van der Waals surface area (Å²) in [5.41, 5.74) is 7.22. The molecule has 110 valence electrons. The van der Waals surface area contributed by atoms with Gasteiger partial charge in [-0.15, -0.1) is 0 Å². The zero-order valence-corrected chi connectivity index (χ0v) is 13.0. The molecule has 6 heteroatoms. The fraction of sp³-hybridized carbons (Fsp3) is 0.133. The molecule has 0 aliphatic carbocycles. The fourth-order valence-electron chi connectivity index (χ4n) is 1.86. The van der Waals surface area contributed by atoms with E-state index in [1.54, 1.807) is 12.1 Å². The Morgan fingerprint density at radius 3 is 2.24 bits per heavy atom. The number of benzene rings is 2. The van der Waals surface area contributed by atoms with Crippen LogP contribution in [0.25, 0.3) is 0 Å². The molecule has 0 aliphatic rings. The quantitative estimate of drug-likeness (QED) is 0.797. The smallest absolute Gasteiger partial charge is 0.240 e. The fourth-order valence-corrected chi connectivity index (χ4v) is 3.02. The number of hydrogen-bond acceptors (Lipinski definition) is 3. The largest absolute Gasteiger partial charge is 0.389 e. The second-order valence-electron chi connectivity index (χ2n) is 4.52. The van der Waals surface area contributed by atoms with Crippen LogP contribution in [0.2, 0.25) is 0 Å². The summed E-state index contributed by atoms with van der Waals surface area (Å²) in [7, 11) is -3.51. The standard InChI is InChI=1S/C15H16N2O2S2/c16-15(20)13-6-8-14(9-7-13)21(18,19)17-11-10-12-4-2-1-3-5-12/h1-9,17H,10-11H2,(H2,16,20). The molecule has 0 aliphatic heterocycles. The van der Waals surface area contributed by atoms with Crippen LogP contribution in [0.15, 0.2) is 59.5 Å². The zero-order valence-electron chi connectivity index (χ0n) is 11.3.